The summed E-state index contributed by atoms with van der Waals surface area (Å²) < 4.78 is 16.9. The van der Waals surface area contributed by atoms with Gasteiger partial charge in [-0.05, 0) is 135 Å². The third kappa shape index (κ3) is 66.0. The Morgan fingerprint density at radius 3 is 0.691 bits per heavy atom. The standard InChI is InChI=1S/C75H122O6/c1-4-7-10-13-16-19-22-25-28-31-33-34-35-36-37-38-39-40-42-44-47-50-53-56-59-62-65-68-74(77)80-71-72(70-79-73(76)67-64-61-58-55-52-49-46-43-30-27-24-21-18-15-12-9-6-3)81-75(78)69-66-63-60-57-54-51-48-45-41-32-29-26-23-20-17-14-11-8-5-2/h7-12,16-21,25-30,33-34,36-37,41,45,72H,4-6,13-15,22-24,31-32,35,38-40,42-44,46-71H2,1-3H3/b10-7-,11-8-,12-9-,19-16-,20-17-,21-18-,28-25-,29-26-,30-27-,34-33-,37-36-,45-41-. The monoisotopic (exact) mass is 1120 g/mol. The molecule has 6 heteroatoms. The minimum Gasteiger partial charge on any atom is -0.462 e. The highest BCUT2D eigenvalue weighted by molar-refractivity contribution is 5.71. The highest BCUT2D eigenvalue weighted by Gasteiger charge is 2.19. The molecule has 458 valence electrons. The van der Waals surface area contributed by atoms with Crippen LogP contribution in [0.15, 0.2) is 146 Å². The van der Waals surface area contributed by atoms with Crippen molar-refractivity contribution >= 4 is 17.9 Å². The molecule has 0 amide bonds. The molecular formula is C75H122O6. The Kier molecular flexibility index (Phi) is 63.9. The molecule has 1 unspecified atom stereocenters. The second kappa shape index (κ2) is 67.8. The number of carbonyl (C=O) groups is 3. The van der Waals surface area contributed by atoms with Gasteiger partial charge in [-0.3, -0.25) is 14.4 Å². The Balaban J connectivity index is 4.40. The third-order valence-electron chi connectivity index (χ3n) is 13.8. The van der Waals surface area contributed by atoms with Gasteiger partial charge in [0.25, 0.3) is 0 Å². The Morgan fingerprint density at radius 2 is 0.444 bits per heavy atom. The maximum absolute atomic E-state index is 12.9. The smallest absolute Gasteiger partial charge is 0.306 e. The molecule has 1 atom stereocenters. The topological polar surface area (TPSA) is 78.9 Å². The molecule has 81 heavy (non-hydrogen) atoms. The van der Waals surface area contributed by atoms with E-state index < -0.39 is 6.10 Å². The van der Waals surface area contributed by atoms with Gasteiger partial charge in [-0.1, -0.05) is 282 Å². The van der Waals surface area contributed by atoms with Crippen LogP contribution >= 0.6 is 0 Å². The van der Waals surface area contributed by atoms with Crippen LogP contribution < -0.4 is 0 Å². The van der Waals surface area contributed by atoms with E-state index in [1.54, 1.807) is 0 Å². The predicted octanol–water partition coefficient (Wildman–Crippen LogP) is 23.1. The maximum atomic E-state index is 12.9. The van der Waals surface area contributed by atoms with Gasteiger partial charge in [-0.2, -0.15) is 0 Å². The molecule has 0 aromatic rings. The van der Waals surface area contributed by atoms with Crippen molar-refractivity contribution in [3.63, 3.8) is 0 Å². The lowest BCUT2D eigenvalue weighted by atomic mass is 10.0. The molecule has 0 radical (unpaired) electrons. The summed E-state index contributed by atoms with van der Waals surface area (Å²) >= 11 is 0. The van der Waals surface area contributed by atoms with Gasteiger partial charge in [-0.25, -0.2) is 0 Å². The lowest BCUT2D eigenvalue weighted by Gasteiger charge is -2.18. The molecule has 0 aliphatic carbocycles. The summed E-state index contributed by atoms with van der Waals surface area (Å²) in [4.78, 5) is 38.4. The van der Waals surface area contributed by atoms with Gasteiger partial charge >= 0.3 is 17.9 Å². The van der Waals surface area contributed by atoms with Gasteiger partial charge in [0.1, 0.15) is 13.2 Å². The van der Waals surface area contributed by atoms with Crippen LogP contribution in [0.1, 0.15) is 290 Å². The van der Waals surface area contributed by atoms with Gasteiger partial charge in [0, 0.05) is 19.3 Å². The molecule has 0 spiro atoms. The normalized spacial score (nSPS) is 13.1. The zero-order valence-electron chi connectivity index (χ0n) is 52.5. The van der Waals surface area contributed by atoms with Crippen LogP contribution in [0.2, 0.25) is 0 Å². The summed E-state index contributed by atoms with van der Waals surface area (Å²) in [5.74, 6) is -0.916. The highest BCUT2D eigenvalue weighted by Crippen LogP contribution is 2.16. The Hall–Kier alpha value is -4.71. The molecule has 0 rings (SSSR count). The van der Waals surface area contributed by atoms with Crippen molar-refractivity contribution < 1.29 is 28.6 Å². The number of esters is 3. The lowest BCUT2D eigenvalue weighted by molar-refractivity contribution is -0.167. The quantitative estimate of drug-likeness (QED) is 0.0261. The molecule has 0 heterocycles. The molecule has 0 saturated heterocycles. The van der Waals surface area contributed by atoms with Crippen molar-refractivity contribution in [2.24, 2.45) is 0 Å². The Labute approximate surface area is 499 Å². The highest BCUT2D eigenvalue weighted by atomic mass is 16.6. The fourth-order valence-electron chi connectivity index (χ4n) is 8.95. The summed E-state index contributed by atoms with van der Waals surface area (Å²) in [6.07, 6.45) is 97.1. The summed E-state index contributed by atoms with van der Waals surface area (Å²) in [5.41, 5.74) is 0. The number of rotatable bonds is 59. The van der Waals surface area contributed by atoms with E-state index in [4.69, 9.17) is 14.2 Å². The first-order valence-electron chi connectivity index (χ1n) is 33.3. The summed E-state index contributed by atoms with van der Waals surface area (Å²) in [5, 5.41) is 0. The fraction of sp³-hybridized carbons (Fsp3) is 0.640. The van der Waals surface area contributed by atoms with E-state index in [-0.39, 0.29) is 31.1 Å². The first-order chi connectivity index (χ1) is 40.0. The maximum Gasteiger partial charge on any atom is 0.306 e. The minimum absolute atomic E-state index is 0.0930. The van der Waals surface area contributed by atoms with Crippen LogP contribution in [-0.2, 0) is 28.6 Å². The van der Waals surface area contributed by atoms with Crippen LogP contribution in [0, 0.1) is 0 Å². The molecule has 0 aromatic carbocycles. The Bertz CT molecular complexity index is 1760. The first-order valence-corrected chi connectivity index (χ1v) is 33.3. The minimum atomic E-state index is -0.799. The second-order valence-corrected chi connectivity index (χ2v) is 21.6. The van der Waals surface area contributed by atoms with Gasteiger partial charge in [0.15, 0.2) is 6.10 Å². The van der Waals surface area contributed by atoms with Crippen molar-refractivity contribution in [3.05, 3.63) is 146 Å². The van der Waals surface area contributed by atoms with Crippen molar-refractivity contribution in [2.45, 2.75) is 297 Å². The van der Waals surface area contributed by atoms with Crippen molar-refractivity contribution in [2.75, 3.05) is 13.2 Å². The van der Waals surface area contributed by atoms with E-state index in [9.17, 15) is 14.4 Å². The largest absolute Gasteiger partial charge is 0.462 e. The molecule has 0 aromatic heterocycles. The average Bonchev–Trinajstić information content (AvgIpc) is 3.47. The number of carbonyl (C=O) groups excluding carboxylic acids is 3. The summed E-state index contributed by atoms with van der Waals surface area (Å²) in [6, 6.07) is 0. The van der Waals surface area contributed by atoms with Gasteiger partial charge in [0.05, 0.1) is 0 Å². The number of unbranched alkanes of at least 4 members (excludes halogenated alkanes) is 24. The molecule has 0 saturated carbocycles. The SMILES string of the molecule is CC/C=C\C/C=C\C/C=C\C/C=C\C/C=C\CCCCCCCCCCCCCC(=O)OCC(COC(=O)CCCCCCCCC/C=C\C/C=C\C/C=C\CC)OC(=O)CCCCCCCC/C=C\C/C=C\C/C=C\C/C=C\CC. The van der Waals surface area contributed by atoms with Crippen LogP contribution in [0.3, 0.4) is 0 Å². The fourth-order valence-corrected chi connectivity index (χ4v) is 8.95. The van der Waals surface area contributed by atoms with Crippen molar-refractivity contribution in [1.29, 1.82) is 0 Å². The van der Waals surface area contributed by atoms with E-state index in [2.05, 4.69) is 167 Å². The van der Waals surface area contributed by atoms with E-state index in [1.807, 2.05) is 0 Å². The first kappa shape index (κ1) is 76.3. The molecule has 0 aliphatic rings. The van der Waals surface area contributed by atoms with Gasteiger partial charge < -0.3 is 14.2 Å². The number of ether oxygens (including phenoxy) is 3. The number of hydrogen-bond donors (Lipinski definition) is 0. The third-order valence-corrected chi connectivity index (χ3v) is 13.8. The van der Waals surface area contributed by atoms with Crippen LogP contribution in [0.4, 0.5) is 0 Å². The average molecular weight is 1120 g/mol. The van der Waals surface area contributed by atoms with Crippen LogP contribution in [0.25, 0.3) is 0 Å². The molecule has 0 aliphatic heterocycles. The Morgan fingerprint density at radius 1 is 0.247 bits per heavy atom. The number of allylic oxidation sites excluding steroid dienone is 24. The summed E-state index contributed by atoms with van der Waals surface area (Å²) in [7, 11) is 0. The van der Waals surface area contributed by atoms with Gasteiger partial charge in [0.2, 0.25) is 0 Å². The van der Waals surface area contributed by atoms with Crippen molar-refractivity contribution in [1.82, 2.24) is 0 Å². The summed E-state index contributed by atoms with van der Waals surface area (Å²) in [6.45, 7) is 6.30. The van der Waals surface area contributed by atoms with Crippen LogP contribution in [-0.4, -0.2) is 37.2 Å². The van der Waals surface area contributed by atoms with E-state index >= 15 is 0 Å². The molecule has 0 fully saturated rings. The van der Waals surface area contributed by atoms with E-state index in [0.717, 1.165) is 154 Å². The van der Waals surface area contributed by atoms with E-state index in [0.29, 0.717) is 19.3 Å². The molecule has 6 nitrogen and oxygen atoms in total. The molecule has 0 bridgehead atoms. The van der Waals surface area contributed by atoms with Gasteiger partial charge in [-0.15, -0.1) is 0 Å². The van der Waals surface area contributed by atoms with E-state index in [1.165, 1.54) is 96.3 Å². The lowest BCUT2D eigenvalue weighted by Crippen LogP contribution is -2.30. The second-order valence-electron chi connectivity index (χ2n) is 21.6. The van der Waals surface area contributed by atoms with Crippen LogP contribution in [0.5, 0.6) is 0 Å². The zero-order chi connectivity index (χ0) is 58.5. The molecular weight excluding hydrogens is 997 g/mol. The zero-order valence-corrected chi connectivity index (χ0v) is 52.5. The predicted molar refractivity (Wildman–Crippen MR) is 352 cm³/mol. The number of hydrogen-bond acceptors (Lipinski definition) is 6. The van der Waals surface area contributed by atoms with Crippen molar-refractivity contribution in [3.8, 4) is 0 Å². The molecule has 0 N–H and O–H groups in total.